The molecule has 0 aromatic carbocycles. The molecule has 0 rings (SSSR count). The van der Waals surface area contributed by atoms with E-state index < -0.39 is 26.5 Å². The number of phosphoric acid groups is 1. The number of hydrogen-bond donors (Lipinski definition) is 2. The molecule has 44 heavy (non-hydrogen) atoms. The van der Waals surface area contributed by atoms with E-state index in [0.29, 0.717) is 6.42 Å². The zero-order chi connectivity index (χ0) is 32.6. The van der Waals surface area contributed by atoms with Gasteiger partial charge < -0.3 is 20.1 Å². The van der Waals surface area contributed by atoms with Crippen molar-refractivity contribution in [1.82, 2.24) is 0 Å². The third-order valence-corrected chi connectivity index (χ3v) is 8.39. The van der Waals surface area contributed by atoms with Crippen molar-refractivity contribution in [3.05, 3.63) is 12.2 Å². The van der Waals surface area contributed by atoms with Crippen LogP contribution in [0.15, 0.2) is 12.2 Å². The molecule has 1 unspecified atom stereocenters. The van der Waals surface area contributed by atoms with Crippen molar-refractivity contribution in [2.45, 2.75) is 168 Å². The standard InChI is InChI=1S/C34H66NO8P/c1-3-5-7-9-11-13-15-16-17-19-21-23-25-27-34(37)43-32(31-42-44(38,39)41-29-28-35)30-40-33(36)26-24-22-20-18-14-12-10-8-6-4-2/h16-17,32H,3-15,18-31,35H2,1-2H3,(H,38,39)/b17-16+/t32-/m1/s1. The average Bonchev–Trinajstić information content (AvgIpc) is 3.00. The summed E-state index contributed by atoms with van der Waals surface area (Å²) in [6.45, 7) is 3.68. The van der Waals surface area contributed by atoms with Crippen LogP contribution in [-0.4, -0.2) is 49.3 Å². The molecule has 3 N–H and O–H groups in total. The Morgan fingerprint density at radius 2 is 1.11 bits per heavy atom. The second-order valence-corrected chi connectivity index (χ2v) is 13.2. The van der Waals surface area contributed by atoms with Crippen LogP contribution in [-0.2, 0) is 32.7 Å². The molecule has 10 heteroatoms. The first-order valence-corrected chi connectivity index (χ1v) is 19.2. The van der Waals surface area contributed by atoms with Gasteiger partial charge >= 0.3 is 19.8 Å². The summed E-state index contributed by atoms with van der Waals surface area (Å²) < 4.78 is 32.5. The molecule has 0 aliphatic heterocycles. The van der Waals surface area contributed by atoms with Crippen molar-refractivity contribution in [2.75, 3.05) is 26.4 Å². The second kappa shape index (κ2) is 31.7. The van der Waals surface area contributed by atoms with Gasteiger partial charge in [0.1, 0.15) is 6.61 Å². The van der Waals surface area contributed by atoms with Gasteiger partial charge in [-0.2, -0.15) is 0 Å². The van der Waals surface area contributed by atoms with Crippen LogP contribution in [0.25, 0.3) is 0 Å². The number of nitrogens with two attached hydrogens (primary N) is 1. The summed E-state index contributed by atoms with van der Waals surface area (Å²) >= 11 is 0. The first kappa shape index (κ1) is 42.8. The molecule has 0 saturated carbocycles. The van der Waals surface area contributed by atoms with Crippen molar-refractivity contribution in [3.63, 3.8) is 0 Å². The molecule has 0 aliphatic rings. The van der Waals surface area contributed by atoms with Gasteiger partial charge in [-0.05, 0) is 38.5 Å². The van der Waals surface area contributed by atoms with E-state index in [2.05, 4.69) is 26.0 Å². The Labute approximate surface area is 269 Å². The number of carbonyl (C=O) groups is 2. The van der Waals surface area contributed by atoms with Gasteiger partial charge in [0.2, 0.25) is 0 Å². The third-order valence-electron chi connectivity index (χ3n) is 7.40. The summed E-state index contributed by atoms with van der Waals surface area (Å²) in [6.07, 6.45) is 28.2. The summed E-state index contributed by atoms with van der Waals surface area (Å²) in [6, 6.07) is 0. The molecule has 0 amide bonds. The molecule has 2 atom stereocenters. The summed E-state index contributed by atoms with van der Waals surface area (Å²) in [7, 11) is -4.36. The maximum absolute atomic E-state index is 12.5. The van der Waals surface area contributed by atoms with Crippen LogP contribution in [0.1, 0.15) is 162 Å². The number of hydrogen-bond acceptors (Lipinski definition) is 8. The fourth-order valence-corrected chi connectivity index (χ4v) is 5.51. The fraction of sp³-hybridized carbons (Fsp3) is 0.882. The molecular formula is C34H66NO8P. The van der Waals surface area contributed by atoms with Crippen LogP contribution >= 0.6 is 7.82 Å². The largest absolute Gasteiger partial charge is 0.472 e. The number of unbranched alkanes of at least 4 members (excludes halogenated alkanes) is 18. The molecule has 0 aromatic rings. The lowest BCUT2D eigenvalue weighted by Crippen LogP contribution is -2.29. The normalized spacial score (nSPS) is 13.6. The predicted molar refractivity (Wildman–Crippen MR) is 178 cm³/mol. The average molecular weight is 648 g/mol. The Kier molecular flexibility index (Phi) is 30.8. The second-order valence-electron chi connectivity index (χ2n) is 11.7. The molecule has 0 aliphatic carbocycles. The molecule has 9 nitrogen and oxygen atoms in total. The van der Waals surface area contributed by atoms with E-state index in [1.54, 1.807) is 0 Å². The number of carbonyl (C=O) groups excluding carboxylic acids is 2. The van der Waals surface area contributed by atoms with Crippen LogP contribution < -0.4 is 5.73 Å². The maximum Gasteiger partial charge on any atom is 0.472 e. The van der Waals surface area contributed by atoms with Gasteiger partial charge in [0, 0.05) is 19.4 Å². The van der Waals surface area contributed by atoms with E-state index >= 15 is 0 Å². The maximum atomic E-state index is 12.5. The minimum Gasteiger partial charge on any atom is -0.462 e. The minimum atomic E-state index is -4.36. The third kappa shape index (κ3) is 30.8. The lowest BCUT2D eigenvalue weighted by molar-refractivity contribution is -0.161. The smallest absolute Gasteiger partial charge is 0.462 e. The van der Waals surface area contributed by atoms with Gasteiger partial charge in [0.15, 0.2) is 6.10 Å². The highest BCUT2D eigenvalue weighted by Gasteiger charge is 2.25. The minimum absolute atomic E-state index is 0.0534. The number of ether oxygens (including phenoxy) is 2. The summed E-state index contributed by atoms with van der Waals surface area (Å²) in [4.78, 5) is 34.5. The van der Waals surface area contributed by atoms with Gasteiger partial charge in [0.25, 0.3) is 0 Å². The zero-order valence-corrected chi connectivity index (χ0v) is 29.0. The summed E-state index contributed by atoms with van der Waals surface area (Å²) in [5, 5.41) is 0. The lowest BCUT2D eigenvalue weighted by atomic mass is 10.1. The van der Waals surface area contributed by atoms with E-state index in [1.807, 2.05) is 0 Å². The van der Waals surface area contributed by atoms with Gasteiger partial charge in [-0.25, -0.2) is 4.57 Å². The predicted octanol–water partition coefficient (Wildman–Crippen LogP) is 9.10. The summed E-state index contributed by atoms with van der Waals surface area (Å²) in [5.74, 6) is -0.847. The zero-order valence-electron chi connectivity index (χ0n) is 28.2. The molecule has 0 spiro atoms. The van der Waals surface area contributed by atoms with Gasteiger partial charge in [0.05, 0.1) is 13.2 Å². The van der Waals surface area contributed by atoms with Gasteiger partial charge in [-0.3, -0.25) is 18.6 Å². The highest BCUT2D eigenvalue weighted by molar-refractivity contribution is 7.47. The topological polar surface area (TPSA) is 134 Å². The first-order valence-electron chi connectivity index (χ1n) is 17.7. The van der Waals surface area contributed by atoms with Crippen LogP contribution in [0, 0.1) is 0 Å². The van der Waals surface area contributed by atoms with E-state index in [-0.39, 0.29) is 38.6 Å². The number of esters is 2. The Bertz CT molecular complexity index is 749. The van der Waals surface area contributed by atoms with Crippen LogP contribution in [0.2, 0.25) is 0 Å². The highest BCUT2D eigenvalue weighted by atomic mass is 31.2. The Balaban J connectivity index is 4.29. The lowest BCUT2D eigenvalue weighted by Gasteiger charge is -2.19. The van der Waals surface area contributed by atoms with Crippen LogP contribution in [0.5, 0.6) is 0 Å². The van der Waals surface area contributed by atoms with Gasteiger partial charge in [-0.1, -0.05) is 122 Å². The van der Waals surface area contributed by atoms with Crippen LogP contribution in [0.4, 0.5) is 0 Å². The van der Waals surface area contributed by atoms with E-state index in [4.69, 9.17) is 24.3 Å². The molecular weight excluding hydrogens is 581 g/mol. The Hall–Kier alpha value is -1.25. The monoisotopic (exact) mass is 647 g/mol. The Morgan fingerprint density at radius 1 is 0.659 bits per heavy atom. The van der Waals surface area contributed by atoms with E-state index in [0.717, 1.165) is 44.9 Å². The van der Waals surface area contributed by atoms with Gasteiger partial charge in [-0.15, -0.1) is 0 Å². The molecule has 0 fully saturated rings. The fourth-order valence-electron chi connectivity index (χ4n) is 4.74. The molecule has 260 valence electrons. The van der Waals surface area contributed by atoms with Crippen molar-refractivity contribution in [1.29, 1.82) is 0 Å². The molecule has 0 aromatic heterocycles. The Morgan fingerprint density at radius 3 is 1.64 bits per heavy atom. The molecule has 0 radical (unpaired) electrons. The van der Waals surface area contributed by atoms with Crippen molar-refractivity contribution >= 4 is 19.8 Å². The number of phosphoric ester groups is 1. The number of rotatable bonds is 33. The van der Waals surface area contributed by atoms with E-state index in [1.165, 1.54) is 83.5 Å². The molecule has 0 heterocycles. The SMILES string of the molecule is CCCCCCCC/C=C/CCCCCC(=O)O[C@H](COC(=O)CCCCCCCCCCCC)COP(=O)(O)OCCN. The van der Waals surface area contributed by atoms with E-state index in [9.17, 15) is 19.0 Å². The van der Waals surface area contributed by atoms with Crippen LogP contribution in [0.3, 0.4) is 0 Å². The quantitative estimate of drug-likeness (QED) is 0.0309. The summed E-state index contributed by atoms with van der Waals surface area (Å²) in [5.41, 5.74) is 5.31. The van der Waals surface area contributed by atoms with Crippen molar-refractivity contribution in [2.24, 2.45) is 5.73 Å². The molecule has 0 saturated heterocycles. The van der Waals surface area contributed by atoms with Crippen molar-refractivity contribution < 1.29 is 37.6 Å². The van der Waals surface area contributed by atoms with Crippen molar-refractivity contribution in [3.8, 4) is 0 Å². The number of allylic oxidation sites excluding steroid dienone is 2. The molecule has 0 bridgehead atoms. The highest BCUT2D eigenvalue weighted by Crippen LogP contribution is 2.43. The first-order chi connectivity index (χ1) is 21.3.